The Hall–Kier alpha value is -3.32. The number of thiophene rings is 1. The fourth-order valence-electron chi connectivity index (χ4n) is 3.23. The van der Waals surface area contributed by atoms with Crippen LogP contribution in [0.2, 0.25) is 0 Å². The molecule has 1 aromatic heterocycles. The maximum Gasteiger partial charge on any atom is 0.341 e. The molecule has 0 aliphatic rings. The maximum absolute atomic E-state index is 12.7. The molecule has 3 rings (SSSR count). The minimum absolute atomic E-state index is 0.164. The molecular weight excluding hydrogens is 426 g/mol. The summed E-state index contributed by atoms with van der Waals surface area (Å²) >= 11 is 1.28. The molecule has 1 N–H and O–H groups in total. The Kier molecular flexibility index (Phi) is 7.89. The summed E-state index contributed by atoms with van der Waals surface area (Å²) in [7, 11) is 0. The molecule has 7 heteroatoms. The van der Waals surface area contributed by atoms with E-state index in [2.05, 4.69) is 5.32 Å². The average Bonchev–Trinajstić information content (AvgIpc) is 3.17. The molecule has 0 unspecified atom stereocenters. The first-order chi connectivity index (χ1) is 15.4. The van der Waals surface area contributed by atoms with Gasteiger partial charge in [0.2, 0.25) is 0 Å². The Bertz CT molecular complexity index is 1090. The van der Waals surface area contributed by atoms with E-state index in [1.54, 1.807) is 6.92 Å². The van der Waals surface area contributed by atoms with E-state index in [-0.39, 0.29) is 19.1 Å². The minimum Gasteiger partial charge on any atom is -0.494 e. The van der Waals surface area contributed by atoms with Crippen molar-refractivity contribution in [2.45, 2.75) is 27.7 Å². The molecule has 1 heterocycles. The van der Waals surface area contributed by atoms with Gasteiger partial charge < -0.3 is 19.5 Å². The number of aryl methyl sites for hydroxylation is 2. The molecule has 2 aromatic carbocycles. The van der Waals surface area contributed by atoms with Crippen LogP contribution in [-0.2, 0) is 9.53 Å². The maximum atomic E-state index is 12.7. The standard InChI is InChI=1S/C25H27NO5S/c1-5-29-19-10-8-18(9-11-19)20-15-32-24(23(20)25(28)30-6-2)26-22(27)14-31-21-12-7-16(3)13-17(21)4/h7-13,15H,5-6,14H2,1-4H3,(H,26,27). The number of anilines is 1. The lowest BCUT2D eigenvalue weighted by Gasteiger charge is -2.11. The second-order valence-electron chi connectivity index (χ2n) is 7.14. The molecule has 0 saturated heterocycles. The highest BCUT2D eigenvalue weighted by atomic mass is 32.1. The van der Waals surface area contributed by atoms with Gasteiger partial charge in [0.1, 0.15) is 22.1 Å². The van der Waals surface area contributed by atoms with Gasteiger partial charge in [0, 0.05) is 10.9 Å². The van der Waals surface area contributed by atoms with Crippen molar-refractivity contribution in [2.75, 3.05) is 25.1 Å². The summed E-state index contributed by atoms with van der Waals surface area (Å²) in [6.07, 6.45) is 0. The van der Waals surface area contributed by atoms with Crippen LogP contribution in [-0.4, -0.2) is 31.7 Å². The number of ether oxygens (including phenoxy) is 3. The number of carbonyl (C=O) groups is 2. The first-order valence-corrected chi connectivity index (χ1v) is 11.3. The monoisotopic (exact) mass is 453 g/mol. The Morgan fingerprint density at radius 1 is 0.969 bits per heavy atom. The highest BCUT2D eigenvalue weighted by molar-refractivity contribution is 7.15. The van der Waals surface area contributed by atoms with Crippen molar-refractivity contribution < 1.29 is 23.8 Å². The molecule has 168 valence electrons. The van der Waals surface area contributed by atoms with E-state index >= 15 is 0 Å². The smallest absolute Gasteiger partial charge is 0.341 e. The van der Waals surface area contributed by atoms with E-state index in [0.29, 0.717) is 28.5 Å². The zero-order valence-electron chi connectivity index (χ0n) is 18.7. The predicted molar refractivity (Wildman–Crippen MR) is 127 cm³/mol. The summed E-state index contributed by atoms with van der Waals surface area (Å²) in [5, 5.41) is 5.07. The van der Waals surface area contributed by atoms with Gasteiger partial charge in [0.15, 0.2) is 6.61 Å². The second kappa shape index (κ2) is 10.8. The van der Waals surface area contributed by atoms with Crippen LogP contribution >= 0.6 is 11.3 Å². The Balaban J connectivity index is 1.79. The SMILES string of the molecule is CCOC(=O)c1c(-c2ccc(OCC)cc2)csc1NC(=O)COc1ccc(C)cc1C. The van der Waals surface area contributed by atoms with Gasteiger partial charge in [-0.25, -0.2) is 4.79 Å². The van der Waals surface area contributed by atoms with Crippen LogP contribution in [0.3, 0.4) is 0 Å². The third-order valence-electron chi connectivity index (χ3n) is 4.69. The largest absolute Gasteiger partial charge is 0.494 e. The highest BCUT2D eigenvalue weighted by Crippen LogP contribution is 2.37. The topological polar surface area (TPSA) is 73.9 Å². The number of hydrogen-bond acceptors (Lipinski definition) is 6. The fraction of sp³-hybridized carbons (Fsp3) is 0.280. The van der Waals surface area contributed by atoms with Gasteiger partial charge in [-0.05, 0) is 57.0 Å². The first kappa shape index (κ1) is 23.3. The van der Waals surface area contributed by atoms with Crippen LogP contribution in [0, 0.1) is 13.8 Å². The molecule has 0 radical (unpaired) electrons. The number of benzene rings is 2. The van der Waals surface area contributed by atoms with Gasteiger partial charge in [0.05, 0.1) is 13.2 Å². The number of amides is 1. The van der Waals surface area contributed by atoms with Crippen molar-refractivity contribution in [1.82, 2.24) is 0 Å². The Morgan fingerprint density at radius 3 is 2.38 bits per heavy atom. The molecule has 0 bridgehead atoms. The van der Waals surface area contributed by atoms with Crippen LogP contribution in [0.15, 0.2) is 47.8 Å². The normalized spacial score (nSPS) is 10.5. The third kappa shape index (κ3) is 5.68. The van der Waals surface area contributed by atoms with Crippen LogP contribution < -0.4 is 14.8 Å². The van der Waals surface area contributed by atoms with Crippen LogP contribution in [0.25, 0.3) is 11.1 Å². The molecule has 0 aliphatic heterocycles. The molecule has 0 aliphatic carbocycles. The van der Waals surface area contributed by atoms with Crippen molar-refractivity contribution in [1.29, 1.82) is 0 Å². The molecule has 32 heavy (non-hydrogen) atoms. The summed E-state index contributed by atoms with van der Waals surface area (Å²) in [6.45, 7) is 8.25. The summed E-state index contributed by atoms with van der Waals surface area (Å²) in [4.78, 5) is 25.3. The lowest BCUT2D eigenvalue weighted by Crippen LogP contribution is -2.21. The van der Waals surface area contributed by atoms with E-state index in [1.807, 2.05) is 68.6 Å². The van der Waals surface area contributed by atoms with Crippen molar-refractivity contribution >= 4 is 28.2 Å². The summed E-state index contributed by atoms with van der Waals surface area (Å²) in [5.41, 5.74) is 3.94. The highest BCUT2D eigenvalue weighted by Gasteiger charge is 2.23. The van der Waals surface area contributed by atoms with Gasteiger partial charge >= 0.3 is 5.97 Å². The number of carbonyl (C=O) groups excluding carboxylic acids is 2. The lowest BCUT2D eigenvalue weighted by atomic mass is 10.0. The fourth-order valence-corrected chi connectivity index (χ4v) is 4.21. The molecule has 1 amide bonds. The van der Waals surface area contributed by atoms with E-state index in [4.69, 9.17) is 14.2 Å². The second-order valence-corrected chi connectivity index (χ2v) is 8.02. The third-order valence-corrected chi connectivity index (χ3v) is 5.58. The van der Waals surface area contributed by atoms with E-state index < -0.39 is 5.97 Å². The predicted octanol–water partition coefficient (Wildman–Crippen LogP) is 5.62. The Morgan fingerprint density at radius 2 is 1.72 bits per heavy atom. The lowest BCUT2D eigenvalue weighted by molar-refractivity contribution is -0.118. The van der Waals surface area contributed by atoms with Gasteiger partial charge in [0.25, 0.3) is 5.91 Å². The summed E-state index contributed by atoms with van der Waals surface area (Å²) < 4.78 is 16.4. The van der Waals surface area contributed by atoms with Crippen LogP contribution in [0.4, 0.5) is 5.00 Å². The van der Waals surface area contributed by atoms with Gasteiger partial charge in [-0.1, -0.05) is 29.8 Å². The van der Waals surface area contributed by atoms with Crippen molar-refractivity contribution in [2.24, 2.45) is 0 Å². The summed E-state index contributed by atoms with van der Waals surface area (Å²) in [6, 6.07) is 13.2. The van der Waals surface area contributed by atoms with Gasteiger partial charge in [-0.3, -0.25) is 4.79 Å². The van der Waals surface area contributed by atoms with E-state index in [9.17, 15) is 9.59 Å². The summed E-state index contributed by atoms with van der Waals surface area (Å²) in [5.74, 6) is 0.567. The zero-order chi connectivity index (χ0) is 23.1. The molecule has 3 aromatic rings. The van der Waals surface area contributed by atoms with Crippen molar-refractivity contribution in [3.8, 4) is 22.6 Å². The van der Waals surface area contributed by atoms with Crippen molar-refractivity contribution in [3.05, 3.63) is 64.5 Å². The van der Waals surface area contributed by atoms with E-state index in [1.165, 1.54) is 11.3 Å². The van der Waals surface area contributed by atoms with E-state index in [0.717, 1.165) is 22.4 Å². The molecule has 0 atom stereocenters. The van der Waals surface area contributed by atoms with Gasteiger partial charge in [-0.15, -0.1) is 11.3 Å². The van der Waals surface area contributed by atoms with Crippen molar-refractivity contribution in [3.63, 3.8) is 0 Å². The average molecular weight is 454 g/mol. The molecule has 0 spiro atoms. The number of nitrogens with one attached hydrogen (secondary N) is 1. The quantitative estimate of drug-likeness (QED) is 0.425. The zero-order valence-corrected chi connectivity index (χ0v) is 19.5. The molecule has 0 fully saturated rings. The molecular formula is C25H27NO5S. The Labute approximate surface area is 192 Å². The molecule has 6 nitrogen and oxygen atoms in total. The number of esters is 1. The van der Waals surface area contributed by atoms with Gasteiger partial charge in [-0.2, -0.15) is 0 Å². The molecule has 0 saturated carbocycles. The number of hydrogen-bond donors (Lipinski definition) is 1. The van der Waals surface area contributed by atoms with Crippen LogP contribution in [0.5, 0.6) is 11.5 Å². The number of rotatable bonds is 9. The minimum atomic E-state index is -0.483. The van der Waals surface area contributed by atoms with Crippen LogP contribution in [0.1, 0.15) is 35.3 Å². The first-order valence-electron chi connectivity index (χ1n) is 10.4.